The van der Waals surface area contributed by atoms with Gasteiger partial charge in [0.2, 0.25) is 0 Å². The van der Waals surface area contributed by atoms with Crippen LogP contribution in [0, 0.1) is 0 Å². The molecule has 1 fully saturated rings. The molecule has 1 saturated heterocycles. The van der Waals surface area contributed by atoms with Crippen molar-refractivity contribution >= 4 is 37.5 Å². The number of hydrogen-bond donors (Lipinski definition) is 1. The van der Waals surface area contributed by atoms with Crippen LogP contribution in [-0.4, -0.2) is 31.7 Å². The molecular weight excluding hydrogens is 464 g/mol. The standard InChI is InChI=1S/C22H23BrN4O2S/c23-18-8-10-20(11-9-18)30(28,29)26-19-7-5-6-17(16-19)21-12-13-22(25-24-21)27-14-3-1-2-4-15-27/h5-13,16,26H,1-4,14-15H2. The maximum absolute atomic E-state index is 12.6. The minimum Gasteiger partial charge on any atom is -0.355 e. The van der Waals surface area contributed by atoms with Gasteiger partial charge in [-0.15, -0.1) is 10.2 Å². The molecule has 0 radical (unpaired) electrons. The molecule has 0 atom stereocenters. The number of sulfonamides is 1. The third kappa shape index (κ3) is 4.99. The Morgan fingerprint density at radius 2 is 1.60 bits per heavy atom. The summed E-state index contributed by atoms with van der Waals surface area (Å²) >= 11 is 3.32. The zero-order valence-corrected chi connectivity index (χ0v) is 18.9. The summed E-state index contributed by atoms with van der Waals surface area (Å²) in [5, 5.41) is 8.80. The topological polar surface area (TPSA) is 75.2 Å². The number of anilines is 2. The third-order valence-corrected chi connectivity index (χ3v) is 7.04. The largest absolute Gasteiger partial charge is 0.355 e. The first-order chi connectivity index (χ1) is 14.5. The maximum atomic E-state index is 12.6. The summed E-state index contributed by atoms with van der Waals surface area (Å²) in [6.45, 7) is 2.03. The van der Waals surface area contributed by atoms with Gasteiger partial charge in [0, 0.05) is 28.8 Å². The molecule has 0 unspecified atom stereocenters. The highest BCUT2D eigenvalue weighted by Gasteiger charge is 2.15. The zero-order chi connectivity index (χ0) is 21.0. The minimum absolute atomic E-state index is 0.206. The SMILES string of the molecule is O=S(=O)(Nc1cccc(-c2ccc(N3CCCCCC3)nn2)c1)c1ccc(Br)cc1. The van der Waals surface area contributed by atoms with Gasteiger partial charge in [-0.3, -0.25) is 4.72 Å². The molecule has 0 saturated carbocycles. The number of hydrogen-bond acceptors (Lipinski definition) is 5. The van der Waals surface area contributed by atoms with E-state index in [0.29, 0.717) is 11.4 Å². The smallest absolute Gasteiger partial charge is 0.261 e. The van der Waals surface area contributed by atoms with Crippen LogP contribution in [0.2, 0.25) is 0 Å². The number of benzene rings is 2. The lowest BCUT2D eigenvalue weighted by molar-refractivity contribution is 0.601. The van der Waals surface area contributed by atoms with Crippen LogP contribution >= 0.6 is 15.9 Å². The Hall–Kier alpha value is -2.45. The number of halogens is 1. The fourth-order valence-electron chi connectivity index (χ4n) is 3.52. The highest BCUT2D eigenvalue weighted by Crippen LogP contribution is 2.25. The molecule has 1 aromatic heterocycles. The second-order valence-electron chi connectivity index (χ2n) is 7.32. The van der Waals surface area contributed by atoms with Gasteiger partial charge < -0.3 is 4.90 Å². The molecule has 0 amide bonds. The molecule has 1 aliphatic heterocycles. The lowest BCUT2D eigenvalue weighted by atomic mass is 10.1. The Kier molecular flexibility index (Phi) is 6.34. The number of nitrogens with zero attached hydrogens (tertiary/aromatic N) is 3. The van der Waals surface area contributed by atoms with E-state index in [-0.39, 0.29) is 4.90 Å². The number of nitrogens with one attached hydrogen (secondary N) is 1. The van der Waals surface area contributed by atoms with Crippen molar-refractivity contribution in [3.63, 3.8) is 0 Å². The predicted molar refractivity (Wildman–Crippen MR) is 123 cm³/mol. The summed E-state index contributed by atoms with van der Waals surface area (Å²) in [7, 11) is -3.67. The van der Waals surface area contributed by atoms with Gasteiger partial charge >= 0.3 is 0 Å². The second-order valence-corrected chi connectivity index (χ2v) is 9.92. The van der Waals surface area contributed by atoms with Crippen molar-refractivity contribution in [2.24, 2.45) is 0 Å². The van der Waals surface area contributed by atoms with E-state index in [2.05, 4.69) is 35.7 Å². The molecular formula is C22H23BrN4O2S. The highest BCUT2D eigenvalue weighted by atomic mass is 79.9. The summed E-state index contributed by atoms with van der Waals surface area (Å²) in [5.41, 5.74) is 1.99. The first kappa shape index (κ1) is 20.8. The van der Waals surface area contributed by atoms with Crippen molar-refractivity contribution in [3.8, 4) is 11.3 Å². The Bertz CT molecular complexity index is 1090. The molecule has 3 aromatic rings. The number of rotatable bonds is 5. The van der Waals surface area contributed by atoms with Gasteiger partial charge in [-0.2, -0.15) is 0 Å². The van der Waals surface area contributed by atoms with Gasteiger partial charge in [0.1, 0.15) is 0 Å². The molecule has 30 heavy (non-hydrogen) atoms. The fourth-order valence-corrected chi connectivity index (χ4v) is 4.83. The zero-order valence-electron chi connectivity index (χ0n) is 16.5. The lowest BCUT2D eigenvalue weighted by Gasteiger charge is -2.20. The predicted octanol–water partition coefficient (Wildman–Crippen LogP) is 5.09. The molecule has 8 heteroatoms. The first-order valence-corrected chi connectivity index (χ1v) is 12.3. The molecule has 1 N–H and O–H groups in total. The van der Waals surface area contributed by atoms with Crippen LogP contribution in [0.25, 0.3) is 11.3 Å². The molecule has 0 spiro atoms. The molecule has 2 heterocycles. The van der Waals surface area contributed by atoms with Crippen molar-refractivity contribution in [1.82, 2.24) is 10.2 Å². The van der Waals surface area contributed by atoms with Crippen molar-refractivity contribution in [2.45, 2.75) is 30.6 Å². The average molecular weight is 487 g/mol. The first-order valence-electron chi connectivity index (χ1n) is 9.99. The van der Waals surface area contributed by atoms with E-state index in [4.69, 9.17) is 0 Å². The summed E-state index contributed by atoms with van der Waals surface area (Å²) in [6.07, 6.45) is 4.91. The van der Waals surface area contributed by atoms with Crippen LogP contribution in [0.5, 0.6) is 0 Å². The van der Waals surface area contributed by atoms with E-state index in [1.807, 2.05) is 18.2 Å². The van der Waals surface area contributed by atoms with E-state index in [1.165, 1.54) is 25.7 Å². The van der Waals surface area contributed by atoms with E-state index >= 15 is 0 Å². The van der Waals surface area contributed by atoms with E-state index in [0.717, 1.165) is 28.9 Å². The number of aromatic nitrogens is 2. The minimum atomic E-state index is -3.67. The molecule has 2 aromatic carbocycles. The second kappa shape index (κ2) is 9.14. The van der Waals surface area contributed by atoms with Crippen LogP contribution in [-0.2, 0) is 10.0 Å². The van der Waals surface area contributed by atoms with Crippen molar-refractivity contribution in [3.05, 3.63) is 65.1 Å². The van der Waals surface area contributed by atoms with E-state index < -0.39 is 10.0 Å². The molecule has 156 valence electrons. The van der Waals surface area contributed by atoms with Crippen LogP contribution in [0.15, 0.2) is 70.0 Å². The Balaban J connectivity index is 1.52. The molecule has 4 rings (SSSR count). The van der Waals surface area contributed by atoms with Gasteiger partial charge in [-0.05, 0) is 61.4 Å². The lowest BCUT2D eigenvalue weighted by Crippen LogP contribution is -2.25. The van der Waals surface area contributed by atoms with Crippen molar-refractivity contribution in [1.29, 1.82) is 0 Å². The van der Waals surface area contributed by atoms with E-state index in [1.54, 1.807) is 42.5 Å². The van der Waals surface area contributed by atoms with Crippen LogP contribution < -0.4 is 9.62 Å². The van der Waals surface area contributed by atoms with E-state index in [9.17, 15) is 8.42 Å². The Labute approximate surface area is 185 Å². The molecule has 1 aliphatic rings. The normalized spacial score (nSPS) is 14.9. The summed E-state index contributed by atoms with van der Waals surface area (Å²) < 4.78 is 28.8. The summed E-state index contributed by atoms with van der Waals surface area (Å²) in [6, 6.07) is 17.6. The van der Waals surface area contributed by atoms with Crippen LogP contribution in [0.4, 0.5) is 11.5 Å². The molecule has 6 nitrogen and oxygen atoms in total. The van der Waals surface area contributed by atoms with Crippen LogP contribution in [0.1, 0.15) is 25.7 Å². The third-order valence-electron chi connectivity index (χ3n) is 5.12. The Morgan fingerprint density at radius 3 is 2.27 bits per heavy atom. The van der Waals surface area contributed by atoms with Gasteiger partial charge in [0.05, 0.1) is 10.6 Å². The summed E-state index contributed by atoms with van der Waals surface area (Å²) in [4.78, 5) is 2.49. The molecule has 0 aliphatic carbocycles. The monoisotopic (exact) mass is 486 g/mol. The Morgan fingerprint density at radius 1 is 0.867 bits per heavy atom. The molecule has 0 bridgehead atoms. The maximum Gasteiger partial charge on any atom is 0.261 e. The summed E-state index contributed by atoms with van der Waals surface area (Å²) in [5.74, 6) is 0.896. The van der Waals surface area contributed by atoms with Gasteiger partial charge in [-0.25, -0.2) is 8.42 Å². The van der Waals surface area contributed by atoms with Gasteiger partial charge in [0.15, 0.2) is 5.82 Å². The van der Waals surface area contributed by atoms with Crippen LogP contribution in [0.3, 0.4) is 0 Å². The highest BCUT2D eigenvalue weighted by molar-refractivity contribution is 9.10. The average Bonchev–Trinajstić information content (AvgIpc) is 3.04. The van der Waals surface area contributed by atoms with Crippen molar-refractivity contribution in [2.75, 3.05) is 22.7 Å². The van der Waals surface area contributed by atoms with Crippen molar-refractivity contribution < 1.29 is 8.42 Å². The quantitative estimate of drug-likeness (QED) is 0.543. The fraction of sp³-hybridized carbons (Fsp3) is 0.273. The van der Waals surface area contributed by atoms with Gasteiger partial charge in [0.25, 0.3) is 10.0 Å². The van der Waals surface area contributed by atoms with Gasteiger partial charge in [-0.1, -0.05) is 40.9 Å².